The predicted molar refractivity (Wildman–Crippen MR) is 84.5 cm³/mol. The number of halogens is 1. The first-order valence-electron chi connectivity index (χ1n) is 6.64. The van der Waals surface area contributed by atoms with Crippen molar-refractivity contribution in [2.45, 2.75) is 29.6 Å². The molecule has 0 saturated carbocycles. The van der Waals surface area contributed by atoms with E-state index in [0.717, 1.165) is 17.4 Å². The maximum absolute atomic E-state index is 12.7. The Morgan fingerprint density at radius 3 is 2.30 bits per heavy atom. The maximum Gasteiger partial charge on any atom is 0.243 e. The van der Waals surface area contributed by atoms with Gasteiger partial charge in [0.15, 0.2) is 0 Å². The lowest BCUT2D eigenvalue weighted by Crippen LogP contribution is -2.58. The number of rotatable bonds is 3. The van der Waals surface area contributed by atoms with Gasteiger partial charge in [0.05, 0.1) is 4.90 Å². The summed E-state index contributed by atoms with van der Waals surface area (Å²) in [5.41, 5.74) is 0.934. The van der Waals surface area contributed by atoms with Crippen LogP contribution in [0.2, 0.25) is 0 Å². The van der Waals surface area contributed by atoms with E-state index in [9.17, 15) is 8.42 Å². The third-order valence-corrected chi connectivity index (χ3v) is 6.50. The van der Waals surface area contributed by atoms with E-state index in [1.807, 2.05) is 19.2 Å². The van der Waals surface area contributed by atoms with Gasteiger partial charge in [0.1, 0.15) is 0 Å². The summed E-state index contributed by atoms with van der Waals surface area (Å²) in [5, 5.41) is 0.731. The highest BCUT2D eigenvalue weighted by atomic mass is 79.9. The van der Waals surface area contributed by atoms with Gasteiger partial charge in [0.2, 0.25) is 10.0 Å². The minimum atomic E-state index is -3.39. The van der Waals surface area contributed by atoms with Crippen molar-refractivity contribution in [2.75, 3.05) is 26.7 Å². The predicted octanol–water partition coefficient (Wildman–Crippen LogP) is 2.30. The molecule has 0 unspecified atom stereocenters. The molecule has 112 valence electrons. The second-order valence-corrected chi connectivity index (χ2v) is 8.35. The molecule has 0 bridgehead atoms. The largest absolute Gasteiger partial charge is 0.299 e. The topological polar surface area (TPSA) is 40.6 Å². The Balaban J connectivity index is 2.26. The van der Waals surface area contributed by atoms with Gasteiger partial charge in [-0.25, -0.2) is 8.42 Å². The molecular weight excluding hydrogens is 340 g/mol. The summed E-state index contributed by atoms with van der Waals surface area (Å²) in [6.45, 7) is 5.96. The highest BCUT2D eigenvalue weighted by molar-refractivity contribution is 9.08. The number of alkyl halides is 1. The normalized spacial score (nSPS) is 21.0. The summed E-state index contributed by atoms with van der Waals surface area (Å²) >= 11 is 3.37. The molecule has 0 radical (unpaired) electrons. The van der Waals surface area contributed by atoms with Gasteiger partial charge in [-0.15, -0.1) is 0 Å². The molecule has 1 fully saturated rings. The number of piperazine rings is 1. The van der Waals surface area contributed by atoms with E-state index in [1.165, 1.54) is 0 Å². The van der Waals surface area contributed by atoms with Crippen LogP contribution in [-0.4, -0.2) is 49.8 Å². The Hall–Kier alpha value is -0.430. The van der Waals surface area contributed by atoms with Gasteiger partial charge < -0.3 is 0 Å². The molecule has 0 atom stereocenters. The molecule has 1 aromatic rings. The van der Waals surface area contributed by atoms with Crippen LogP contribution in [0.15, 0.2) is 29.2 Å². The van der Waals surface area contributed by atoms with Crippen LogP contribution in [0.25, 0.3) is 0 Å². The molecule has 1 saturated heterocycles. The molecule has 0 N–H and O–H groups in total. The van der Waals surface area contributed by atoms with E-state index in [0.29, 0.717) is 18.0 Å². The summed E-state index contributed by atoms with van der Waals surface area (Å²) in [6.07, 6.45) is 0. The van der Waals surface area contributed by atoms with Crippen LogP contribution in [0.5, 0.6) is 0 Å². The van der Waals surface area contributed by atoms with Crippen molar-refractivity contribution in [1.29, 1.82) is 0 Å². The number of likely N-dealkylation sites (N-methyl/N-ethyl adjacent to an activating group) is 1. The summed E-state index contributed by atoms with van der Waals surface area (Å²) < 4.78 is 26.9. The number of benzene rings is 1. The monoisotopic (exact) mass is 360 g/mol. The van der Waals surface area contributed by atoms with E-state index in [2.05, 4.69) is 34.7 Å². The molecule has 0 aromatic heterocycles. The first kappa shape index (κ1) is 15.9. The van der Waals surface area contributed by atoms with Gasteiger partial charge >= 0.3 is 0 Å². The average molecular weight is 361 g/mol. The molecular formula is C14H21BrN2O2S. The molecule has 2 rings (SSSR count). The van der Waals surface area contributed by atoms with E-state index in [1.54, 1.807) is 16.4 Å². The molecule has 1 heterocycles. The molecule has 1 aromatic carbocycles. The van der Waals surface area contributed by atoms with Crippen LogP contribution in [0.1, 0.15) is 19.4 Å². The number of hydrogen-bond donors (Lipinski definition) is 0. The van der Waals surface area contributed by atoms with E-state index < -0.39 is 10.0 Å². The summed E-state index contributed by atoms with van der Waals surface area (Å²) in [5.74, 6) is 0. The lowest BCUT2D eigenvalue weighted by molar-refractivity contribution is 0.0801. The zero-order valence-corrected chi connectivity index (χ0v) is 14.5. The fourth-order valence-electron chi connectivity index (χ4n) is 2.30. The minimum absolute atomic E-state index is 0.138. The Labute approximate surface area is 129 Å². The first-order valence-corrected chi connectivity index (χ1v) is 9.20. The average Bonchev–Trinajstić information content (AvgIpc) is 2.41. The number of nitrogens with zero attached hydrogens (tertiary/aromatic N) is 2. The van der Waals surface area contributed by atoms with Crippen LogP contribution >= 0.6 is 15.9 Å². The Bertz CT molecular complexity index is 569. The van der Waals surface area contributed by atoms with Crippen molar-refractivity contribution in [1.82, 2.24) is 9.21 Å². The highest BCUT2D eigenvalue weighted by Crippen LogP contribution is 2.25. The number of hydrogen-bond acceptors (Lipinski definition) is 3. The van der Waals surface area contributed by atoms with E-state index >= 15 is 0 Å². The number of sulfonamides is 1. The third-order valence-electron chi connectivity index (χ3n) is 4.00. The Kier molecular flexibility index (Phi) is 4.59. The fourth-order valence-corrected chi connectivity index (χ4v) is 4.26. The molecule has 1 aliphatic rings. The van der Waals surface area contributed by atoms with Gasteiger partial charge in [0, 0.05) is 30.5 Å². The molecule has 0 spiro atoms. The molecule has 0 amide bonds. The standard InChI is InChI=1S/C14H21BrN2O2S/c1-14(2)11-17(9-8-16(14)3)20(18,19)13-6-4-12(10-15)5-7-13/h4-7H,8-11H2,1-3H3. The Morgan fingerprint density at radius 1 is 1.20 bits per heavy atom. The van der Waals surface area contributed by atoms with Crippen LogP contribution in [0.3, 0.4) is 0 Å². The van der Waals surface area contributed by atoms with Crippen LogP contribution in [0, 0.1) is 0 Å². The Morgan fingerprint density at radius 2 is 1.80 bits per heavy atom. The smallest absolute Gasteiger partial charge is 0.243 e. The van der Waals surface area contributed by atoms with Crippen LogP contribution in [-0.2, 0) is 15.4 Å². The van der Waals surface area contributed by atoms with Crippen molar-refractivity contribution in [3.8, 4) is 0 Å². The van der Waals surface area contributed by atoms with Gasteiger partial charge in [-0.3, -0.25) is 4.90 Å². The van der Waals surface area contributed by atoms with Crippen molar-refractivity contribution >= 4 is 26.0 Å². The molecule has 4 nitrogen and oxygen atoms in total. The lowest BCUT2D eigenvalue weighted by atomic mass is 10.0. The maximum atomic E-state index is 12.7. The lowest BCUT2D eigenvalue weighted by Gasteiger charge is -2.44. The summed E-state index contributed by atoms with van der Waals surface area (Å²) in [7, 11) is -1.35. The minimum Gasteiger partial charge on any atom is -0.299 e. The third kappa shape index (κ3) is 3.08. The summed E-state index contributed by atoms with van der Waals surface area (Å²) in [4.78, 5) is 2.58. The zero-order valence-electron chi connectivity index (χ0n) is 12.1. The highest BCUT2D eigenvalue weighted by Gasteiger charge is 2.37. The zero-order chi connectivity index (χ0) is 15.0. The van der Waals surface area contributed by atoms with Gasteiger partial charge in [-0.2, -0.15) is 4.31 Å². The quantitative estimate of drug-likeness (QED) is 0.776. The van der Waals surface area contributed by atoms with Crippen LogP contribution < -0.4 is 0 Å². The second-order valence-electron chi connectivity index (χ2n) is 5.85. The SMILES string of the molecule is CN1CCN(S(=O)(=O)c2ccc(CBr)cc2)CC1(C)C. The van der Waals surface area contributed by atoms with Crippen molar-refractivity contribution in [3.05, 3.63) is 29.8 Å². The van der Waals surface area contributed by atoms with Crippen molar-refractivity contribution in [3.63, 3.8) is 0 Å². The van der Waals surface area contributed by atoms with Crippen LogP contribution in [0.4, 0.5) is 0 Å². The molecule has 6 heteroatoms. The van der Waals surface area contributed by atoms with Gasteiger partial charge in [-0.1, -0.05) is 28.1 Å². The first-order chi connectivity index (χ1) is 9.27. The van der Waals surface area contributed by atoms with Crippen molar-refractivity contribution < 1.29 is 8.42 Å². The van der Waals surface area contributed by atoms with Crippen molar-refractivity contribution in [2.24, 2.45) is 0 Å². The fraction of sp³-hybridized carbons (Fsp3) is 0.571. The summed E-state index contributed by atoms with van der Waals surface area (Å²) in [6, 6.07) is 7.08. The molecule has 0 aliphatic carbocycles. The second kappa shape index (κ2) is 5.75. The van der Waals surface area contributed by atoms with Gasteiger partial charge in [0.25, 0.3) is 0 Å². The van der Waals surface area contributed by atoms with E-state index in [-0.39, 0.29) is 5.54 Å². The molecule has 20 heavy (non-hydrogen) atoms. The molecule has 1 aliphatic heterocycles. The van der Waals surface area contributed by atoms with E-state index in [4.69, 9.17) is 0 Å². The van der Waals surface area contributed by atoms with Gasteiger partial charge in [-0.05, 0) is 38.6 Å².